The van der Waals surface area contributed by atoms with Crippen molar-refractivity contribution >= 4 is 0 Å². The van der Waals surface area contributed by atoms with Gasteiger partial charge in [0.1, 0.15) is 0 Å². The molecule has 1 saturated carbocycles. The van der Waals surface area contributed by atoms with Gasteiger partial charge in [-0.05, 0) is 12.3 Å². The van der Waals surface area contributed by atoms with E-state index in [1.165, 1.54) is 12.3 Å². The summed E-state index contributed by atoms with van der Waals surface area (Å²) in [5.41, 5.74) is -0.837. The molecule has 0 saturated heterocycles. The van der Waals surface area contributed by atoms with Gasteiger partial charge in [0.25, 0.3) is 5.56 Å². The highest BCUT2D eigenvalue weighted by atomic mass is 16.3. The standard InChI is InChI=1S/C10H14N2O4/c13-4-6-3-8(7(6)5-14)12-9(15)1-2-11-10(12)16/h1-2,6-8,13-14H,3-5H2,(H,11,16). The summed E-state index contributed by atoms with van der Waals surface area (Å²) in [6.07, 6.45) is 1.85. The van der Waals surface area contributed by atoms with E-state index in [1.54, 1.807) is 0 Å². The van der Waals surface area contributed by atoms with Crippen LogP contribution in [-0.2, 0) is 0 Å². The second-order valence-corrected chi connectivity index (χ2v) is 4.08. The molecule has 0 bridgehead atoms. The van der Waals surface area contributed by atoms with Crippen LogP contribution in [0.1, 0.15) is 12.5 Å². The van der Waals surface area contributed by atoms with Gasteiger partial charge in [-0.25, -0.2) is 4.79 Å². The van der Waals surface area contributed by atoms with Crippen molar-refractivity contribution < 1.29 is 10.2 Å². The summed E-state index contributed by atoms with van der Waals surface area (Å²) in [5.74, 6) is -0.243. The third-order valence-corrected chi connectivity index (χ3v) is 3.31. The van der Waals surface area contributed by atoms with Gasteiger partial charge >= 0.3 is 5.69 Å². The van der Waals surface area contributed by atoms with Crippen LogP contribution in [0.4, 0.5) is 0 Å². The first-order valence-corrected chi connectivity index (χ1v) is 5.21. The van der Waals surface area contributed by atoms with Crippen molar-refractivity contribution in [1.29, 1.82) is 0 Å². The molecule has 1 fully saturated rings. The molecule has 1 heterocycles. The fourth-order valence-corrected chi connectivity index (χ4v) is 2.30. The van der Waals surface area contributed by atoms with E-state index in [-0.39, 0.29) is 36.7 Å². The van der Waals surface area contributed by atoms with Gasteiger partial charge in [0.2, 0.25) is 0 Å². The number of hydrogen-bond donors (Lipinski definition) is 3. The van der Waals surface area contributed by atoms with Crippen LogP contribution in [0.5, 0.6) is 0 Å². The number of H-pyrrole nitrogens is 1. The lowest BCUT2D eigenvalue weighted by Crippen LogP contribution is -2.50. The van der Waals surface area contributed by atoms with Crippen LogP contribution in [0.15, 0.2) is 21.9 Å². The Morgan fingerprint density at radius 1 is 1.38 bits per heavy atom. The van der Waals surface area contributed by atoms with Gasteiger partial charge in [-0.15, -0.1) is 0 Å². The lowest BCUT2D eigenvalue weighted by molar-refractivity contribution is -0.01000. The van der Waals surface area contributed by atoms with E-state index in [9.17, 15) is 9.59 Å². The van der Waals surface area contributed by atoms with E-state index in [2.05, 4.69) is 4.98 Å². The Morgan fingerprint density at radius 3 is 2.69 bits per heavy atom. The Hall–Kier alpha value is -1.40. The minimum Gasteiger partial charge on any atom is -0.396 e. The van der Waals surface area contributed by atoms with Gasteiger partial charge in [0.05, 0.1) is 0 Å². The number of nitrogens with one attached hydrogen (secondary N) is 1. The Morgan fingerprint density at radius 2 is 2.12 bits per heavy atom. The average Bonchev–Trinajstić information content (AvgIpc) is 2.22. The van der Waals surface area contributed by atoms with Gasteiger partial charge < -0.3 is 15.2 Å². The molecule has 3 atom stereocenters. The molecule has 0 amide bonds. The molecule has 0 spiro atoms. The normalized spacial score (nSPS) is 28.8. The molecule has 3 unspecified atom stereocenters. The molecule has 0 radical (unpaired) electrons. The summed E-state index contributed by atoms with van der Waals surface area (Å²) < 4.78 is 1.12. The third-order valence-electron chi connectivity index (χ3n) is 3.31. The monoisotopic (exact) mass is 226 g/mol. The van der Waals surface area contributed by atoms with E-state index < -0.39 is 5.69 Å². The first kappa shape index (κ1) is 11.1. The zero-order valence-corrected chi connectivity index (χ0v) is 8.67. The molecule has 0 aromatic carbocycles. The van der Waals surface area contributed by atoms with Crippen LogP contribution in [-0.4, -0.2) is 33.0 Å². The van der Waals surface area contributed by atoms with Gasteiger partial charge in [0.15, 0.2) is 0 Å². The fourth-order valence-electron chi connectivity index (χ4n) is 2.30. The first-order valence-electron chi connectivity index (χ1n) is 5.21. The number of rotatable bonds is 3. The number of aliphatic hydroxyl groups excluding tert-OH is 2. The number of aliphatic hydroxyl groups is 2. The van der Waals surface area contributed by atoms with E-state index in [1.807, 2.05) is 0 Å². The Bertz CT molecular complexity index is 450. The number of hydrogen-bond acceptors (Lipinski definition) is 4. The average molecular weight is 226 g/mol. The summed E-state index contributed by atoms with van der Waals surface area (Å²) in [7, 11) is 0. The highest BCUT2D eigenvalue weighted by Gasteiger charge is 2.42. The zero-order valence-electron chi connectivity index (χ0n) is 8.67. The summed E-state index contributed by atoms with van der Waals surface area (Å²) in [6, 6.07) is 0.974. The molecule has 2 rings (SSSR count). The molecule has 1 aliphatic carbocycles. The summed E-state index contributed by atoms with van der Waals surface area (Å²) in [4.78, 5) is 25.5. The lowest BCUT2D eigenvalue weighted by Gasteiger charge is -2.43. The summed E-state index contributed by atoms with van der Waals surface area (Å²) in [6.45, 7) is -0.155. The predicted molar refractivity (Wildman–Crippen MR) is 56.1 cm³/mol. The molecule has 0 aliphatic heterocycles. The van der Waals surface area contributed by atoms with E-state index in [0.717, 1.165) is 4.57 Å². The Kier molecular flexibility index (Phi) is 2.93. The largest absolute Gasteiger partial charge is 0.396 e. The van der Waals surface area contributed by atoms with Crippen molar-refractivity contribution in [3.05, 3.63) is 33.1 Å². The molecule has 1 aromatic rings. The van der Waals surface area contributed by atoms with Crippen molar-refractivity contribution in [2.45, 2.75) is 12.5 Å². The topological polar surface area (TPSA) is 95.3 Å². The minimum atomic E-state index is -0.465. The van der Waals surface area contributed by atoms with E-state index in [0.29, 0.717) is 6.42 Å². The van der Waals surface area contributed by atoms with Crippen LogP contribution in [0.3, 0.4) is 0 Å². The molecule has 6 nitrogen and oxygen atoms in total. The quantitative estimate of drug-likeness (QED) is 0.597. The zero-order chi connectivity index (χ0) is 11.7. The summed E-state index contributed by atoms with van der Waals surface area (Å²) >= 11 is 0. The highest BCUT2D eigenvalue weighted by Crippen LogP contribution is 2.41. The third kappa shape index (κ3) is 1.60. The van der Waals surface area contributed by atoms with Gasteiger partial charge in [-0.1, -0.05) is 0 Å². The maximum atomic E-state index is 11.5. The minimum absolute atomic E-state index is 0.0264. The van der Waals surface area contributed by atoms with Crippen LogP contribution >= 0.6 is 0 Å². The molecule has 6 heteroatoms. The van der Waals surface area contributed by atoms with Crippen molar-refractivity contribution in [3.8, 4) is 0 Å². The number of aromatic amines is 1. The fraction of sp³-hybridized carbons (Fsp3) is 0.600. The second-order valence-electron chi connectivity index (χ2n) is 4.08. The van der Waals surface area contributed by atoms with Crippen molar-refractivity contribution in [2.24, 2.45) is 11.8 Å². The lowest BCUT2D eigenvalue weighted by atomic mass is 9.70. The van der Waals surface area contributed by atoms with Gasteiger partial charge in [0, 0.05) is 37.4 Å². The number of aromatic nitrogens is 2. The van der Waals surface area contributed by atoms with Gasteiger partial charge in [-0.3, -0.25) is 9.36 Å². The smallest absolute Gasteiger partial charge is 0.328 e. The molecule has 1 aliphatic rings. The molecule has 88 valence electrons. The van der Waals surface area contributed by atoms with E-state index in [4.69, 9.17) is 10.2 Å². The van der Waals surface area contributed by atoms with Crippen molar-refractivity contribution in [3.63, 3.8) is 0 Å². The molecule has 3 N–H and O–H groups in total. The van der Waals surface area contributed by atoms with Crippen molar-refractivity contribution in [1.82, 2.24) is 9.55 Å². The molecular weight excluding hydrogens is 212 g/mol. The highest BCUT2D eigenvalue weighted by molar-refractivity contribution is 4.96. The van der Waals surface area contributed by atoms with Crippen LogP contribution in [0.2, 0.25) is 0 Å². The Balaban J connectivity index is 2.33. The van der Waals surface area contributed by atoms with Crippen LogP contribution < -0.4 is 11.2 Å². The molecule has 16 heavy (non-hydrogen) atoms. The van der Waals surface area contributed by atoms with Crippen LogP contribution in [0.25, 0.3) is 0 Å². The SMILES string of the molecule is O=c1cc[nH]c(=O)n1C1CC(CO)C1CO. The van der Waals surface area contributed by atoms with E-state index >= 15 is 0 Å². The second kappa shape index (κ2) is 4.23. The van der Waals surface area contributed by atoms with Gasteiger partial charge in [-0.2, -0.15) is 0 Å². The molecular formula is C10H14N2O4. The Labute approximate surface area is 91.2 Å². The maximum absolute atomic E-state index is 11.5. The first-order chi connectivity index (χ1) is 7.69. The number of nitrogens with zero attached hydrogens (tertiary/aromatic N) is 1. The van der Waals surface area contributed by atoms with Crippen LogP contribution in [0, 0.1) is 11.8 Å². The molecule has 1 aromatic heterocycles. The predicted octanol–water partition coefficient (Wildman–Crippen LogP) is -1.30. The van der Waals surface area contributed by atoms with Crippen molar-refractivity contribution in [2.75, 3.05) is 13.2 Å². The summed E-state index contributed by atoms with van der Waals surface area (Å²) in [5, 5.41) is 18.2. The maximum Gasteiger partial charge on any atom is 0.328 e.